The number of esters is 1. The van der Waals surface area contributed by atoms with E-state index in [0.29, 0.717) is 30.0 Å². The first kappa shape index (κ1) is 25.5. The Kier molecular flexibility index (Phi) is 8.10. The predicted octanol–water partition coefficient (Wildman–Crippen LogP) is 4.37. The molecule has 0 spiro atoms. The van der Waals surface area contributed by atoms with Gasteiger partial charge in [0.25, 0.3) is 0 Å². The number of ether oxygens (including phenoxy) is 2. The van der Waals surface area contributed by atoms with Crippen molar-refractivity contribution >= 4 is 28.8 Å². The summed E-state index contributed by atoms with van der Waals surface area (Å²) in [6, 6.07) is 12.8. The number of rotatable bonds is 9. The van der Waals surface area contributed by atoms with Crippen molar-refractivity contribution in [3.8, 4) is 5.75 Å². The maximum atomic E-state index is 13.2. The number of fused-ring (bicyclic) bond motifs is 1. The number of amidine groups is 1. The molecule has 9 heteroatoms. The Morgan fingerprint density at radius 3 is 2.75 bits per heavy atom. The molecule has 0 aliphatic carbocycles. The van der Waals surface area contributed by atoms with E-state index in [0.717, 1.165) is 22.1 Å². The first-order valence-corrected chi connectivity index (χ1v) is 12.7. The Hall–Kier alpha value is -3.59. The lowest BCUT2D eigenvalue weighted by Crippen LogP contribution is -2.38. The topological polar surface area (TPSA) is 93.1 Å². The van der Waals surface area contributed by atoms with Crippen molar-refractivity contribution in [2.24, 2.45) is 4.99 Å². The maximum absolute atomic E-state index is 13.2. The van der Waals surface area contributed by atoms with Gasteiger partial charge in [0.15, 0.2) is 5.17 Å². The van der Waals surface area contributed by atoms with Crippen LogP contribution >= 0.6 is 11.8 Å². The molecule has 0 fully saturated rings. The molecule has 1 N–H and O–H groups in total. The zero-order chi connectivity index (χ0) is 25.7. The zero-order valence-corrected chi connectivity index (χ0v) is 21.7. The van der Waals surface area contributed by atoms with E-state index in [1.165, 1.54) is 11.8 Å². The van der Waals surface area contributed by atoms with Gasteiger partial charge in [0.05, 0.1) is 36.9 Å². The van der Waals surface area contributed by atoms with Crippen LogP contribution < -0.4 is 10.1 Å². The summed E-state index contributed by atoms with van der Waals surface area (Å²) in [6.45, 7) is 5.94. The third-order valence-electron chi connectivity index (χ3n) is 5.74. The minimum Gasteiger partial charge on any atom is -0.497 e. The van der Waals surface area contributed by atoms with Crippen LogP contribution in [0.25, 0.3) is 0 Å². The number of carbonyl (C=O) groups is 2. The van der Waals surface area contributed by atoms with Gasteiger partial charge in [-0.05, 0) is 56.0 Å². The molecule has 4 rings (SSSR count). The van der Waals surface area contributed by atoms with E-state index >= 15 is 0 Å². The van der Waals surface area contributed by atoms with Crippen LogP contribution in [0.4, 0.5) is 0 Å². The highest BCUT2D eigenvalue weighted by Crippen LogP contribution is 2.45. The van der Waals surface area contributed by atoms with Crippen molar-refractivity contribution in [1.82, 2.24) is 15.2 Å². The van der Waals surface area contributed by atoms with E-state index in [2.05, 4.69) is 10.3 Å². The average Bonchev–Trinajstić information content (AvgIpc) is 3.25. The molecular formula is C27H30N4O4S. The van der Waals surface area contributed by atoms with Gasteiger partial charge in [-0.1, -0.05) is 30.0 Å². The lowest BCUT2D eigenvalue weighted by Gasteiger charge is -2.36. The molecule has 188 valence electrons. The number of aromatic nitrogens is 1. The number of methoxy groups -OCH3 is 1. The largest absolute Gasteiger partial charge is 0.497 e. The average molecular weight is 507 g/mol. The normalized spacial score (nSPS) is 16.9. The number of pyridine rings is 1. The second-order valence-electron chi connectivity index (χ2n) is 8.72. The molecular weight excluding hydrogens is 476 g/mol. The molecule has 8 nitrogen and oxygen atoms in total. The summed E-state index contributed by atoms with van der Waals surface area (Å²) < 4.78 is 11.0. The fraction of sp³-hybridized carbons (Fsp3) is 0.333. The Morgan fingerprint density at radius 2 is 2.03 bits per heavy atom. The molecule has 0 saturated carbocycles. The van der Waals surface area contributed by atoms with Gasteiger partial charge in [0, 0.05) is 30.6 Å². The van der Waals surface area contributed by atoms with E-state index < -0.39 is 12.0 Å². The summed E-state index contributed by atoms with van der Waals surface area (Å²) in [7, 11) is 1.61. The number of hydrogen-bond acceptors (Lipinski definition) is 8. The van der Waals surface area contributed by atoms with Crippen molar-refractivity contribution in [1.29, 1.82) is 0 Å². The number of aliphatic imine (C=N–C) groups is 1. The molecule has 36 heavy (non-hydrogen) atoms. The van der Waals surface area contributed by atoms with Gasteiger partial charge in [0.2, 0.25) is 5.91 Å². The fourth-order valence-corrected chi connectivity index (χ4v) is 5.10. The number of benzene rings is 1. The van der Waals surface area contributed by atoms with Crippen LogP contribution in [0, 0.1) is 0 Å². The van der Waals surface area contributed by atoms with E-state index in [9.17, 15) is 9.59 Å². The molecule has 3 heterocycles. The van der Waals surface area contributed by atoms with Gasteiger partial charge in [-0.15, -0.1) is 0 Å². The van der Waals surface area contributed by atoms with Crippen LogP contribution in [0.3, 0.4) is 0 Å². The summed E-state index contributed by atoms with van der Waals surface area (Å²) in [6.07, 6.45) is 2.27. The van der Waals surface area contributed by atoms with Crippen LogP contribution in [-0.2, 0) is 20.7 Å². The van der Waals surface area contributed by atoms with Crippen molar-refractivity contribution in [2.75, 3.05) is 13.7 Å². The van der Waals surface area contributed by atoms with E-state index in [4.69, 9.17) is 14.5 Å². The molecule has 1 aromatic carbocycles. The molecule has 2 aromatic rings. The molecule has 0 bridgehead atoms. The fourth-order valence-electron chi connectivity index (χ4n) is 4.14. The van der Waals surface area contributed by atoms with Gasteiger partial charge in [-0.3, -0.25) is 9.78 Å². The van der Waals surface area contributed by atoms with Gasteiger partial charge >= 0.3 is 5.97 Å². The number of thioether (sulfide) groups is 1. The van der Waals surface area contributed by atoms with Crippen LogP contribution in [0.5, 0.6) is 5.75 Å². The number of nitrogens with one attached hydrogen (secondary N) is 1. The van der Waals surface area contributed by atoms with E-state index in [-0.39, 0.29) is 18.4 Å². The third kappa shape index (κ3) is 5.79. The molecule has 2 aliphatic rings. The molecule has 1 amide bonds. The summed E-state index contributed by atoms with van der Waals surface area (Å²) in [5.74, 6) is 0.144. The number of nitrogens with zero attached hydrogens (tertiary/aromatic N) is 3. The second kappa shape index (κ2) is 11.4. The minimum atomic E-state index is -0.499. The Morgan fingerprint density at radius 1 is 1.19 bits per heavy atom. The SMILES string of the molecule is COc1cccc(C2C(C(=O)OC(C)C)=C(C)N=C3SC=C(CC(=O)NCCc4ccccn4)N32)c1. The Labute approximate surface area is 215 Å². The second-order valence-corrected chi connectivity index (χ2v) is 9.56. The molecule has 1 atom stereocenters. The van der Waals surface area contributed by atoms with Gasteiger partial charge in [-0.25, -0.2) is 9.79 Å². The standard InChI is InChI=1S/C27H30N4O4S/c1-17(2)35-26(33)24-18(3)30-27-31(25(24)19-8-7-10-22(14-19)34-4)21(16-36-27)15-23(32)29-13-11-20-9-5-6-12-28-20/h5-10,12,14,16-17,25H,11,13,15H2,1-4H3,(H,29,32). The summed E-state index contributed by atoms with van der Waals surface area (Å²) in [5.41, 5.74) is 3.59. The lowest BCUT2D eigenvalue weighted by atomic mass is 9.93. The Balaban J connectivity index is 1.58. The molecule has 2 aliphatic heterocycles. The summed E-state index contributed by atoms with van der Waals surface area (Å²) in [5, 5.41) is 5.62. The van der Waals surface area contributed by atoms with Crippen LogP contribution in [0.15, 0.2) is 76.0 Å². The van der Waals surface area contributed by atoms with Crippen LogP contribution in [0.1, 0.15) is 44.5 Å². The first-order valence-electron chi connectivity index (χ1n) is 11.8. The van der Waals surface area contributed by atoms with E-state index in [1.54, 1.807) is 13.3 Å². The van der Waals surface area contributed by atoms with Crippen LogP contribution in [-0.4, -0.2) is 46.7 Å². The molecule has 0 saturated heterocycles. The van der Waals surface area contributed by atoms with Crippen molar-refractivity contribution < 1.29 is 19.1 Å². The highest BCUT2D eigenvalue weighted by atomic mass is 32.2. The number of hydrogen-bond donors (Lipinski definition) is 1. The predicted molar refractivity (Wildman–Crippen MR) is 140 cm³/mol. The Bertz CT molecular complexity index is 1220. The molecule has 0 radical (unpaired) electrons. The maximum Gasteiger partial charge on any atom is 0.338 e. The first-order chi connectivity index (χ1) is 17.4. The van der Waals surface area contributed by atoms with Gasteiger partial charge in [-0.2, -0.15) is 0 Å². The number of carbonyl (C=O) groups excluding carboxylic acids is 2. The molecule has 1 unspecified atom stereocenters. The van der Waals surface area contributed by atoms with Crippen molar-refractivity contribution in [3.63, 3.8) is 0 Å². The summed E-state index contributed by atoms with van der Waals surface area (Å²) in [4.78, 5) is 37.0. The highest BCUT2D eigenvalue weighted by Gasteiger charge is 2.41. The third-order valence-corrected chi connectivity index (χ3v) is 6.63. The van der Waals surface area contributed by atoms with Crippen LogP contribution in [0.2, 0.25) is 0 Å². The minimum absolute atomic E-state index is 0.110. The zero-order valence-electron chi connectivity index (χ0n) is 20.9. The van der Waals surface area contributed by atoms with E-state index in [1.807, 2.05) is 73.5 Å². The lowest BCUT2D eigenvalue weighted by molar-refractivity contribution is -0.143. The van der Waals surface area contributed by atoms with Gasteiger partial charge in [0.1, 0.15) is 5.75 Å². The van der Waals surface area contributed by atoms with Crippen molar-refractivity contribution in [3.05, 3.63) is 82.3 Å². The molecule has 1 aromatic heterocycles. The summed E-state index contributed by atoms with van der Waals surface area (Å²) >= 11 is 1.44. The highest BCUT2D eigenvalue weighted by molar-refractivity contribution is 8.16. The smallest absolute Gasteiger partial charge is 0.338 e. The van der Waals surface area contributed by atoms with Crippen molar-refractivity contribution in [2.45, 2.75) is 45.8 Å². The monoisotopic (exact) mass is 506 g/mol. The quantitative estimate of drug-likeness (QED) is 0.505. The number of allylic oxidation sites excluding steroid dienone is 1. The number of amides is 1. The van der Waals surface area contributed by atoms with Gasteiger partial charge < -0.3 is 19.7 Å².